The molecule has 0 N–H and O–H groups in total. The Labute approximate surface area is 104 Å². The van der Waals surface area contributed by atoms with Gasteiger partial charge in [-0.2, -0.15) is 0 Å². The molecule has 0 saturated heterocycles. The highest BCUT2D eigenvalue weighted by molar-refractivity contribution is 5.68. The lowest BCUT2D eigenvalue weighted by Gasteiger charge is -2.07. The topological polar surface area (TPSA) is 0 Å². The molecule has 0 aliphatic rings. The molecular formula is C17H19. The van der Waals surface area contributed by atoms with Crippen LogP contribution in [0.25, 0.3) is 11.1 Å². The molecule has 0 heteroatoms. The maximum atomic E-state index is 4.07. The standard InChI is InChI=1S/C17H19/c1-3-4-8-15-10-12-16(13-11-15)17-9-6-5-7-14(17)2/h5-7,9-13H,2-4,8H2,1H3. The molecule has 87 valence electrons. The zero-order valence-electron chi connectivity index (χ0n) is 10.4. The minimum absolute atomic E-state index is 1.09. The van der Waals surface area contributed by atoms with Crippen LogP contribution < -0.4 is 0 Å². The number of benzene rings is 2. The molecule has 0 amide bonds. The van der Waals surface area contributed by atoms with E-state index < -0.39 is 0 Å². The average molecular weight is 223 g/mol. The zero-order chi connectivity index (χ0) is 12.1. The van der Waals surface area contributed by atoms with Crippen LogP contribution in [0.15, 0.2) is 48.5 Å². The van der Waals surface area contributed by atoms with Crippen LogP contribution >= 0.6 is 0 Å². The Hall–Kier alpha value is -1.56. The van der Waals surface area contributed by atoms with Crippen LogP contribution in [0.4, 0.5) is 0 Å². The van der Waals surface area contributed by atoms with Crippen molar-refractivity contribution in [3.63, 3.8) is 0 Å². The van der Waals surface area contributed by atoms with E-state index in [1.165, 1.54) is 36.0 Å². The quantitative estimate of drug-likeness (QED) is 0.693. The minimum Gasteiger partial charge on any atom is -0.0654 e. The summed E-state index contributed by atoms with van der Waals surface area (Å²) < 4.78 is 0. The third kappa shape index (κ3) is 2.97. The SMILES string of the molecule is [CH2]c1ccccc1-c1ccc(CCCC)cc1. The molecule has 2 aromatic rings. The Balaban J connectivity index is 2.21. The molecule has 0 bridgehead atoms. The van der Waals surface area contributed by atoms with Crippen LogP contribution in [0, 0.1) is 6.92 Å². The number of rotatable bonds is 4. The average Bonchev–Trinajstić information content (AvgIpc) is 2.38. The van der Waals surface area contributed by atoms with E-state index in [1.807, 2.05) is 6.07 Å². The van der Waals surface area contributed by atoms with Gasteiger partial charge in [0.05, 0.1) is 0 Å². The van der Waals surface area contributed by atoms with Crippen molar-refractivity contribution in [3.05, 3.63) is 66.6 Å². The lowest BCUT2D eigenvalue weighted by Crippen LogP contribution is -1.86. The van der Waals surface area contributed by atoms with Crippen molar-refractivity contribution in [2.75, 3.05) is 0 Å². The summed E-state index contributed by atoms with van der Waals surface area (Å²) in [5.74, 6) is 0. The normalized spacial score (nSPS) is 10.5. The summed E-state index contributed by atoms with van der Waals surface area (Å²) in [7, 11) is 0. The zero-order valence-corrected chi connectivity index (χ0v) is 10.4. The van der Waals surface area contributed by atoms with E-state index in [9.17, 15) is 0 Å². The van der Waals surface area contributed by atoms with Gasteiger partial charge in [0.25, 0.3) is 0 Å². The summed E-state index contributed by atoms with van der Waals surface area (Å²) in [6.45, 7) is 6.30. The molecule has 0 fully saturated rings. The van der Waals surface area contributed by atoms with E-state index in [4.69, 9.17) is 0 Å². The van der Waals surface area contributed by atoms with Crippen molar-refractivity contribution in [1.29, 1.82) is 0 Å². The molecular weight excluding hydrogens is 204 g/mol. The highest BCUT2D eigenvalue weighted by Crippen LogP contribution is 2.23. The highest BCUT2D eigenvalue weighted by Gasteiger charge is 2.00. The summed E-state index contributed by atoms with van der Waals surface area (Å²) >= 11 is 0. The third-order valence-electron chi connectivity index (χ3n) is 3.10. The van der Waals surface area contributed by atoms with E-state index in [0.29, 0.717) is 0 Å². The van der Waals surface area contributed by atoms with E-state index in [1.54, 1.807) is 0 Å². The molecule has 0 heterocycles. The van der Waals surface area contributed by atoms with Crippen molar-refractivity contribution < 1.29 is 0 Å². The second-order valence-electron chi connectivity index (χ2n) is 4.46. The fourth-order valence-electron chi connectivity index (χ4n) is 2.03. The molecule has 0 spiro atoms. The molecule has 2 rings (SSSR count). The predicted molar refractivity (Wildman–Crippen MR) is 74.9 cm³/mol. The molecule has 0 unspecified atom stereocenters. The van der Waals surface area contributed by atoms with Gasteiger partial charge in [0.15, 0.2) is 0 Å². The molecule has 2 aromatic carbocycles. The molecule has 0 aromatic heterocycles. The van der Waals surface area contributed by atoms with Crippen molar-refractivity contribution >= 4 is 0 Å². The minimum atomic E-state index is 1.09. The summed E-state index contributed by atoms with van der Waals surface area (Å²) in [5.41, 5.74) is 5.01. The first-order chi connectivity index (χ1) is 8.31. The highest BCUT2D eigenvalue weighted by atomic mass is 14.1. The summed E-state index contributed by atoms with van der Waals surface area (Å²) in [4.78, 5) is 0. The maximum absolute atomic E-state index is 4.07. The van der Waals surface area contributed by atoms with Crippen LogP contribution in [0.3, 0.4) is 0 Å². The lowest BCUT2D eigenvalue weighted by atomic mass is 9.98. The van der Waals surface area contributed by atoms with E-state index in [2.05, 4.69) is 56.3 Å². The Kier molecular flexibility index (Phi) is 3.98. The molecule has 1 radical (unpaired) electrons. The second-order valence-corrected chi connectivity index (χ2v) is 4.46. The van der Waals surface area contributed by atoms with Crippen LogP contribution in [0.5, 0.6) is 0 Å². The predicted octanol–water partition coefficient (Wildman–Crippen LogP) is 4.88. The van der Waals surface area contributed by atoms with Crippen LogP contribution in [0.2, 0.25) is 0 Å². The summed E-state index contributed by atoms with van der Waals surface area (Å²) in [5, 5.41) is 0. The van der Waals surface area contributed by atoms with Gasteiger partial charge in [0, 0.05) is 0 Å². The monoisotopic (exact) mass is 223 g/mol. The van der Waals surface area contributed by atoms with Gasteiger partial charge in [-0.25, -0.2) is 0 Å². The molecule has 17 heavy (non-hydrogen) atoms. The summed E-state index contributed by atoms with van der Waals surface area (Å²) in [6, 6.07) is 17.2. The van der Waals surface area contributed by atoms with Gasteiger partial charge in [-0.3, -0.25) is 0 Å². The van der Waals surface area contributed by atoms with Crippen molar-refractivity contribution in [2.45, 2.75) is 26.2 Å². The van der Waals surface area contributed by atoms with E-state index >= 15 is 0 Å². The number of hydrogen-bond donors (Lipinski definition) is 0. The van der Waals surface area contributed by atoms with Gasteiger partial charge < -0.3 is 0 Å². The Bertz CT molecular complexity index is 466. The van der Waals surface area contributed by atoms with Crippen molar-refractivity contribution in [3.8, 4) is 11.1 Å². The van der Waals surface area contributed by atoms with Crippen molar-refractivity contribution in [1.82, 2.24) is 0 Å². The smallest absolute Gasteiger partial charge is 0.0152 e. The van der Waals surface area contributed by atoms with Crippen LogP contribution in [0.1, 0.15) is 30.9 Å². The van der Waals surface area contributed by atoms with Crippen molar-refractivity contribution in [2.24, 2.45) is 0 Å². The first kappa shape index (κ1) is 11.9. The number of aryl methyl sites for hydroxylation is 1. The summed E-state index contributed by atoms with van der Waals surface area (Å²) in [6.07, 6.45) is 3.71. The van der Waals surface area contributed by atoms with E-state index in [-0.39, 0.29) is 0 Å². The largest absolute Gasteiger partial charge is 0.0654 e. The molecule has 0 atom stereocenters. The first-order valence-electron chi connectivity index (χ1n) is 6.31. The number of hydrogen-bond acceptors (Lipinski definition) is 0. The molecule has 0 nitrogen and oxygen atoms in total. The van der Waals surface area contributed by atoms with Crippen LogP contribution in [-0.4, -0.2) is 0 Å². The first-order valence-corrected chi connectivity index (χ1v) is 6.31. The fourth-order valence-corrected chi connectivity index (χ4v) is 2.03. The third-order valence-corrected chi connectivity index (χ3v) is 3.10. The Morgan fingerprint density at radius 1 is 0.941 bits per heavy atom. The Morgan fingerprint density at radius 2 is 1.65 bits per heavy atom. The van der Waals surface area contributed by atoms with Gasteiger partial charge in [-0.05, 0) is 42.0 Å². The Morgan fingerprint density at radius 3 is 2.29 bits per heavy atom. The molecule has 0 aliphatic carbocycles. The molecule has 0 aliphatic heterocycles. The van der Waals surface area contributed by atoms with Gasteiger partial charge in [0.1, 0.15) is 0 Å². The van der Waals surface area contributed by atoms with E-state index in [0.717, 1.165) is 5.56 Å². The van der Waals surface area contributed by atoms with Gasteiger partial charge >= 0.3 is 0 Å². The fraction of sp³-hybridized carbons (Fsp3) is 0.235. The van der Waals surface area contributed by atoms with Gasteiger partial charge in [0.2, 0.25) is 0 Å². The second kappa shape index (κ2) is 5.67. The van der Waals surface area contributed by atoms with Gasteiger partial charge in [-0.1, -0.05) is 61.9 Å². The number of unbranched alkanes of at least 4 members (excludes halogenated alkanes) is 1. The van der Waals surface area contributed by atoms with Crippen LogP contribution in [-0.2, 0) is 6.42 Å². The lowest BCUT2D eigenvalue weighted by molar-refractivity contribution is 0.795. The maximum Gasteiger partial charge on any atom is -0.0152 e. The van der Waals surface area contributed by atoms with Gasteiger partial charge in [-0.15, -0.1) is 0 Å². The molecule has 0 saturated carbocycles.